The summed E-state index contributed by atoms with van der Waals surface area (Å²) in [6, 6.07) is 0. The number of hydrogen-bond acceptors (Lipinski definition) is 4. The predicted octanol–water partition coefficient (Wildman–Crippen LogP) is 2.17. The molecule has 0 amide bonds. The van der Waals surface area contributed by atoms with Gasteiger partial charge < -0.3 is 14.9 Å². The summed E-state index contributed by atoms with van der Waals surface area (Å²) >= 11 is 0. The van der Waals surface area contributed by atoms with Gasteiger partial charge >= 0.3 is 0 Å². The maximum Gasteiger partial charge on any atom is 0.127 e. The van der Waals surface area contributed by atoms with Crippen LogP contribution in [0.4, 0.5) is 0 Å². The van der Waals surface area contributed by atoms with Crippen LogP contribution in [0.5, 0.6) is 11.5 Å². The summed E-state index contributed by atoms with van der Waals surface area (Å²) in [7, 11) is 5.57. The van der Waals surface area contributed by atoms with Gasteiger partial charge in [-0.1, -0.05) is 0 Å². The van der Waals surface area contributed by atoms with E-state index in [0.717, 1.165) is 40.8 Å². The SMILES string of the molecule is Cc1c(C)c2c(c(C)c1O)CC[C@@](C)(CC([O-])=N[N+](C)(C)C)O2. The second-order valence-corrected chi connectivity index (χ2v) is 7.70. The van der Waals surface area contributed by atoms with Crippen molar-refractivity contribution in [2.45, 2.75) is 52.6 Å². The second kappa shape index (κ2) is 5.71. The van der Waals surface area contributed by atoms with E-state index >= 15 is 0 Å². The lowest BCUT2D eigenvalue weighted by atomic mass is 9.85. The molecule has 128 valence electrons. The van der Waals surface area contributed by atoms with Gasteiger partial charge in [-0.3, -0.25) is 0 Å². The number of nitrogens with zero attached hydrogens (tertiary/aromatic N) is 2. The van der Waals surface area contributed by atoms with Gasteiger partial charge in [0.1, 0.15) is 17.1 Å². The molecule has 1 N–H and O–H groups in total. The molecule has 0 aromatic heterocycles. The topological polar surface area (TPSA) is 64.9 Å². The first kappa shape index (κ1) is 17.6. The Bertz CT molecular complexity index is 659. The van der Waals surface area contributed by atoms with Crippen LogP contribution in [0.15, 0.2) is 5.10 Å². The van der Waals surface area contributed by atoms with Crippen molar-refractivity contribution in [1.82, 2.24) is 0 Å². The molecule has 0 fully saturated rings. The van der Waals surface area contributed by atoms with E-state index in [1.165, 1.54) is 0 Å². The monoisotopic (exact) mass is 320 g/mol. The minimum absolute atomic E-state index is 0.145. The van der Waals surface area contributed by atoms with E-state index in [9.17, 15) is 10.2 Å². The normalized spacial score (nSPS) is 21.8. The fourth-order valence-corrected chi connectivity index (χ4v) is 3.11. The first-order valence-corrected chi connectivity index (χ1v) is 8.02. The van der Waals surface area contributed by atoms with Crippen LogP contribution in [0.1, 0.15) is 42.0 Å². The molecule has 2 rings (SSSR count). The maximum atomic E-state index is 12.2. The van der Waals surface area contributed by atoms with Gasteiger partial charge in [-0.25, -0.2) is 4.59 Å². The average Bonchev–Trinajstić information content (AvgIpc) is 2.40. The number of phenolic OH excluding ortho intramolecular Hbond substituents is 1. The Labute approximate surface area is 138 Å². The third-order valence-electron chi connectivity index (χ3n) is 4.53. The van der Waals surface area contributed by atoms with Crippen LogP contribution >= 0.6 is 0 Å². The molecule has 23 heavy (non-hydrogen) atoms. The quantitative estimate of drug-likeness (QED) is 0.402. The van der Waals surface area contributed by atoms with E-state index in [4.69, 9.17) is 4.74 Å². The zero-order valence-electron chi connectivity index (χ0n) is 15.3. The van der Waals surface area contributed by atoms with Crippen molar-refractivity contribution in [3.63, 3.8) is 0 Å². The van der Waals surface area contributed by atoms with Crippen molar-refractivity contribution in [3.05, 3.63) is 22.3 Å². The molecule has 1 heterocycles. The van der Waals surface area contributed by atoms with Crippen molar-refractivity contribution in [1.29, 1.82) is 0 Å². The number of phenols is 1. The fraction of sp³-hybridized carbons (Fsp3) is 0.611. The highest BCUT2D eigenvalue weighted by molar-refractivity contribution is 5.72. The van der Waals surface area contributed by atoms with E-state index < -0.39 is 5.60 Å². The Hall–Kier alpha value is -1.75. The lowest BCUT2D eigenvalue weighted by Crippen LogP contribution is -2.43. The molecule has 0 saturated heterocycles. The Morgan fingerprint density at radius 2 is 1.83 bits per heavy atom. The lowest BCUT2D eigenvalue weighted by Gasteiger charge is -2.39. The number of ether oxygens (including phenoxy) is 1. The fourth-order valence-electron chi connectivity index (χ4n) is 3.11. The summed E-state index contributed by atoms with van der Waals surface area (Å²) in [6.45, 7) is 7.74. The van der Waals surface area contributed by atoms with E-state index in [2.05, 4.69) is 5.10 Å². The van der Waals surface area contributed by atoms with Gasteiger partial charge in [0.05, 0.1) is 21.1 Å². The molecule has 1 aromatic carbocycles. The van der Waals surface area contributed by atoms with Crippen molar-refractivity contribution in [3.8, 4) is 11.5 Å². The molecule has 1 atom stereocenters. The summed E-state index contributed by atoms with van der Waals surface area (Å²) in [5, 5.41) is 26.6. The summed E-state index contributed by atoms with van der Waals surface area (Å²) in [4.78, 5) is 0. The zero-order chi connectivity index (χ0) is 17.6. The number of rotatable bonds is 3. The molecule has 5 heteroatoms. The summed E-state index contributed by atoms with van der Waals surface area (Å²) in [5.74, 6) is 1.03. The van der Waals surface area contributed by atoms with Gasteiger partial charge in [-0.05, 0) is 57.2 Å². The minimum Gasteiger partial charge on any atom is -0.858 e. The molecule has 0 radical (unpaired) electrons. The van der Waals surface area contributed by atoms with Crippen LogP contribution in [0.25, 0.3) is 0 Å². The van der Waals surface area contributed by atoms with Crippen molar-refractivity contribution >= 4 is 5.90 Å². The maximum absolute atomic E-state index is 12.2. The van der Waals surface area contributed by atoms with E-state index in [-0.39, 0.29) is 16.9 Å². The number of benzene rings is 1. The first-order chi connectivity index (χ1) is 10.4. The van der Waals surface area contributed by atoms with Gasteiger partial charge in [0.25, 0.3) is 0 Å². The van der Waals surface area contributed by atoms with E-state index in [1.807, 2.05) is 48.8 Å². The Balaban J connectivity index is 2.35. The van der Waals surface area contributed by atoms with Crippen molar-refractivity contribution in [2.75, 3.05) is 21.1 Å². The molecule has 0 unspecified atom stereocenters. The average molecular weight is 320 g/mol. The number of aromatic hydroxyl groups is 1. The summed E-state index contributed by atoms with van der Waals surface area (Å²) in [5.41, 5.74) is 3.17. The van der Waals surface area contributed by atoms with Crippen LogP contribution in [0.2, 0.25) is 0 Å². The third-order valence-corrected chi connectivity index (χ3v) is 4.53. The van der Waals surface area contributed by atoms with Crippen LogP contribution in [0.3, 0.4) is 0 Å². The molecule has 0 bridgehead atoms. The third kappa shape index (κ3) is 3.61. The molecule has 0 saturated carbocycles. The van der Waals surface area contributed by atoms with E-state index in [1.54, 1.807) is 0 Å². The lowest BCUT2D eigenvalue weighted by molar-refractivity contribution is -0.878. The standard InChI is InChI=1S/C18H28N2O3/c1-11-12(2)17-14(13(3)16(11)22)8-9-18(4,23-17)10-15(21)19-20(5,6)7/h8-10H2,1-7H3,(H-,19,21,22)/t18-/m0/s1. The van der Waals surface area contributed by atoms with Gasteiger partial charge in [0, 0.05) is 17.9 Å². The van der Waals surface area contributed by atoms with Crippen LogP contribution in [-0.4, -0.2) is 42.3 Å². The number of hydrogen-bond donors (Lipinski definition) is 1. The predicted molar refractivity (Wildman–Crippen MR) is 89.8 cm³/mol. The van der Waals surface area contributed by atoms with Gasteiger partial charge in [0.2, 0.25) is 0 Å². The van der Waals surface area contributed by atoms with Gasteiger partial charge in [-0.15, -0.1) is 5.10 Å². The Kier molecular flexibility index (Phi) is 4.37. The Morgan fingerprint density at radius 1 is 1.22 bits per heavy atom. The highest BCUT2D eigenvalue weighted by Gasteiger charge is 2.34. The molecule has 0 aliphatic carbocycles. The molecule has 1 aromatic rings. The summed E-state index contributed by atoms with van der Waals surface area (Å²) < 4.78 is 6.51. The number of quaternary nitrogens is 1. The smallest absolute Gasteiger partial charge is 0.127 e. The molecule has 0 spiro atoms. The highest BCUT2D eigenvalue weighted by atomic mass is 16.5. The number of fused-ring (bicyclic) bond motifs is 1. The highest BCUT2D eigenvalue weighted by Crippen LogP contribution is 2.43. The molecular weight excluding hydrogens is 292 g/mol. The molecule has 5 nitrogen and oxygen atoms in total. The molecule has 1 aliphatic rings. The van der Waals surface area contributed by atoms with Gasteiger partial charge in [-0.2, -0.15) is 0 Å². The van der Waals surface area contributed by atoms with Crippen LogP contribution in [-0.2, 0) is 6.42 Å². The van der Waals surface area contributed by atoms with Crippen LogP contribution in [0, 0.1) is 20.8 Å². The summed E-state index contributed by atoms with van der Waals surface area (Å²) in [6.07, 6.45) is 1.80. The Morgan fingerprint density at radius 3 is 2.39 bits per heavy atom. The first-order valence-electron chi connectivity index (χ1n) is 8.02. The van der Waals surface area contributed by atoms with Gasteiger partial charge in [0.15, 0.2) is 0 Å². The zero-order valence-corrected chi connectivity index (χ0v) is 15.3. The molecular formula is C18H28N2O3. The van der Waals surface area contributed by atoms with Crippen LogP contribution < -0.4 is 9.84 Å². The molecule has 1 aliphatic heterocycles. The largest absolute Gasteiger partial charge is 0.858 e. The van der Waals surface area contributed by atoms with E-state index in [0.29, 0.717) is 5.75 Å². The van der Waals surface area contributed by atoms with Crippen molar-refractivity contribution < 1.29 is 19.5 Å². The second-order valence-electron chi connectivity index (χ2n) is 7.70. The van der Waals surface area contributed by atoms with Crippen molar-refractivity contribution in [2.24, 2.45) is 5.10 Å². The minimum atomic E-state index is -0.552.